The third-order valence-electron chi connectivity index (χ3n) is 16.5. The van der Waals surface area contributed by atoms with Gasteiger partial charge in [-0.1, -0.05) is 290 Å². The largest absolute Gasteiger partial charge is 0.310 e. The SMILES string of the molecule is Brc1c2ccccc2c(Br)c2ccccc12.Brc1cccc(Br)c1.Brc1cccc(N(c2ccccc2)c2ccccc2)c1.[W].c1ccc(N(c2ccccc2)c2cccc(-c3c4ccccc4c(-c4cccc(N(c5ccccc5)c5ccccc5)c4)c4ccccc34)c2)cc1. The third kappa shape index (κ3) is 15.9. The molecule has 0 aliphatic heterocycles. The number of hydrogen-bond donors (Lipinski definition) is 0. The second-order valence-corrected chi connectivity index (χ2v) is 26.9. The standard InChI is InChI=1S/C50H36N2.C18H14BrN.C14H8Br2.C6H4Br2.W/c1-5-21-39(22-6-1)51(40-23-7-2-8-24-40)43-29-17-19-37(35-43)49-45-31-13-15-33-47(45)50(48-34-16-14-32-46(48)49)38-20-18-30-44(36-38)52(41-25-9-3-10-26-41)42-27-11-4-12-28-42;19-15-8-7-13-18(14-15)20(16-9-3-1-4-10-16)17-11-5-2-6-12-17;15-13-9-5-1-2-6-10(9)14(16)12-8-4-3-7-11(12)13;7-5-2-1-3-6(8)4-5;/h1-36H;1-14H;1-8H;1-4H;. The summed E-state index contributed by atoms with van der Waals surface area (Å²) in [5.74, 6) is 0. The fourth-order valence-corrected chi connectivity index (χ4v) is 15.1. The number of nitrogens with zero attached hydrogens (tertiary/aromatic N) is 3. The molecule has 3 nitrogen and oxygen atoms in total. The zero-order valence-corrected chi connectivity index (χ0v) is 63.3. The Bertz CT molecular complexity index is 4770. The molecule has 0 amide bonds. The molecular weight excluding hydrogens is 1680 g/mol. The molecule has 0 spiro atoms. The predicted molar refractivity (Wildman–Crippen MR) is 429 cm³/mol. The van der Waals surface area contributed by atoms with Crippen molar-refractivity contribution in [2.24, 2.45) is 0 Å². The normalized spacial score (nSPS) is 10.6. The Morgan fingerprint density at radius 1 is 0.165 bits per heavy atom. The van der Waals surface area contributed by atoms with E-state index in [-0.39, 0.29) is 21.1 Å². The molecule has 0 heterocycles. The molecule has 16 aromatic rings. The minimum Gasteiger partial charge on any atom is -0.310 e. The van der Waals surface area contributed by atoms with Crippen LogP contribution >= 0.6 is 79.6 Å². The van der Waals surface area contributed by atoms with Gasteiger partial charge in [-0.3, -0.25) is 0 Å². The number of fused-ring (bicyclic) bond motifs is 4. The van der Waals surface area contributed by atoms with Gasteiger partial charge < -0.3 is 14.7 Å². The van der Waals surface area contributed by atoms with Gasteiger partial charge in [-0.15, -0.1) is 0 Å². The monoisotopic (exact) mass is 1740 g/mol. The summed E-state index contributed by atoms with van der Waals surface area (Å²) in [5, 5.41) is 9.89. The van der Waals surface area contributed by atoms with Crippen molar-refractivity contribution in [1.29, 1.82) is 0 Å². The summed E-state index contributed by atoms with van der Waals surface area (Å²) in [6.45, 7) is 0. The van der Waals surface area contributed by atoms with Gasteiger partial charge in [-0.2, -0.15) is 0 Å². The van der Waals surface area contributed by atoms with Crippen LogP contribution in [0, 0.1) is 0 Å². The van der Waals surface area contributed by atoms with E-state index < -0.39 is 0 Å². The van der Waals surface area contributed by atoms with Crippen LogP contribution in [-0.2, 0) is 21.1 Å². The molecule has 16 rings (SSSR count). The van der Waals surface area contributed by atoms with Crippen LogP contribution in [-0.4, -0.2) is 0 Å². The summed E-state index contributed by atoms with van der Waals surface area (Å²) in [4.78, 5) is 6.91. The third-order valence-corrected chi connectivity index (χ3v) is 19.6. The first-order valence-corrected chi connectivity index (χ1v) is 35.5. The first kappa shape index (κ1) is 68.0. The van der Waals surface area contributed by atoms with Gasteiger partial charge in [-0.25, -0.2) is 0 Å². The van der Waals surface area contributed by atoms with Crippen LogP contribution in [0.2, 0.25) is 0 Å². The van der Waals surface area contributed by atoms with Crippen LogP contribution < -0.4 is 14.7 Å². The Labute approximate surface area is 624 Å². The van der Waals surface area contributed by atoms with E-state index >= 15 is 0 Å². The van der Waals surface area contributed by atoms with E-state index in [2.05, 4.69) is 428 Å². The van der Waals surface area contributed by atoms with Gasteiger partial charge in [0.25, 0.3) is 0 Å². The molecule has 97 heavy (non-hydrogen) atoms. The molecule has 0 aromatic heterocycles. The molecule has 470 valence electrons. The summed E-state index contributed by atoms with van der Waals surface area (Å²) in [6, 6.07) is 132. The zero-order valence-electron chi connectivity index (χ0n) is 52.4. The summed E-state index contributed by atoms with van der Waals surface area (Å²) in [7, 11) is 0. The van der Waals surface area contributed by atoms with E-state index in [0.717, 1.165) is 64.6 Å². The minimum atomic E-state index is 0. The molecule has 0 radical (unpaired) electrons. The molecule has 16 aromatic carbocycles. The molecule has 0 atom stereocenters. The van der Waals surface area contributed by atoms with Crippen molar-refractivity contribution in [3.05, 3.63) is 398 Å². The molecule has 0 saturated carbocycles. The van der Waals surface area contributed by atoms with Gasteiger partial charge in [0.05, 0.1) is 0 Å². The first-order valence-electron chi connectivity index (χ1n) is 31.5. The number of hydrogen-bond acceptors (Lipinski definition) is 3. The van der Waals surface area contributed by atoms with Crippen LogP contribution in [0.1, 0.15) is 0 Å². The van der Waals surface area contributed by atoms with Crippen LogP contribution in [0.5, 0.6) is 0 Å². The van der Waals surface area contributed by atoms with Crippen molar-refractivity contribution in [3.8, 4) is 22.3 Å². The van der Waals surface area contributed by atoms with E-state index in [1.165, 1.54) is 74.3 Å². The topological polar surface area (TPSA) is 9.72 Å². The number of rotatable bonds is 11. The Balaban J connectivity index is 0.000000160. The summed E-state index contributed by atoms with van der Waals surface area (Å²) >= 11 is 17.6. The van der Waals surface area contributed by atoms with Crippen LogP contribution in [0.3, 0.4) is 0 Å². The maximum Gasteiger partial charge on any atom is 0.0472 e. The predicted octanol–water partition coefficient (Wildman–Crippen LogP) is 28.9. The average molecular weight is 1740 g/mol. The number of anilines is 9. The second kappa shape index (κ2) is 32.9. The number of benzene rings is 16. The van der Waals surface area contributed by atoms with Gasteiger partial charge in [-0.05, 0) is 231 Å². The molecule has 0 aliphatic rings. The Hall–Kier alpha value is -8.95. The van der Waals surface area contributed by atoms with E-state index in [0.29, 0.717) is 0 Å². The van der Waals surface area contributed by atoms with Gasteiger partial charge in [0.1, 0.15) is 0 Å². The van der Waals surface area contributed by atoms with Crippen molar-refractivity contribution in [2.45, 2.75) is 0 Å². The number of para-hydroxylation sites is 6. The maximum atomic E-state index is 3.70. The van der Waals surface area contributed by atoms with Crippen LogP contribution in [0.4, 0.5) is 51.2 Å². The molecule has 9 heteroatoms. The Kier molecular flexibility index (Phi) is 23.0. The minimum absolute atomic E-state index is 0. The van der Waals surface area contributed by atoms with Crippen molar-refractivity contribution in [1.82, 2.24) is 0 Å². The Morgan fingerprint density at radius 3 is 0.598 bits per heavy atom. The molecular formula is C88H62Br5N3W. The van der Waals surface area contributed by atoms with Crippen LogP contribution in [0.25, 0.3) is 65.3 Å². The van der Waals surface area contributed by atoms with E-state index in [4.69, 9.17) is 0 Å². The van der Waals surface area contributed by atoms with E-state index in [1.807, 2.05) is 42.5 Å². The molecule has 0 fully saturated rings. The molecule has 0 saturated heterocycles. The molecule has 0 bridgehead atoms. The van der Waals surface area contributed by atoms with Gasteiger partial charge in [0.2, 0.25) is 0 Å². The quantitative estimate of drug-likeness (QED) is 0.120. The van der Waals surface area contributed by atoms with Gasteiger partial charge in [0, 0.05) is 94.6 Å². The fourth-order valence-electron chi connectivity index (χ4n) is 12.3. The van der Waals surface area contributed by atoms with Crippen molar-refractivity contribution >= 4 is 174 Å². The molecule has 0 aliphatic carbocycles. The summed E-state index contributed by atoms with van der Waals surface area (Å²) < 4.78 is 5.62. The first-order chi connectivity index (χ1) is 47.3. The van der Waals surface area contributed by atoms with Crippen LogP contribution in [0.15, 0.2) is 398 Å². The zero-order chi connectivity index (χ0) is 65.6. The van der Waals surface area contributed by atoms with Crippen molar-refractivity contribution in [3.63, 3.8) is 0 Å². The van der Waals surface area contributed by atoms with Gasteiger partial charge >= 0.3 is 0 Å². The maximum absolute atomic E-state index is 3.70. The molecule has 0 N–H and O–H groups in total. The summed E-state index contributed by atoms with van der Waals surface area (Å²) in [5.41, 5.74) is 15.0. The summed E-state index contributed by atoms with van der Waals surface area (Å²) in [6.07, 6.45) is 0. The smallest absolute Gasteiger partial charge is 0.0472 e. The fraction of sp³-hybridized carbons (Fsp3) is 0. The number of halogens is 5. The second-order valence-electron chi connectivity index (χ2n) is 22.6. The van der Waals surface area contributed by atoms with E-state index in [9.17, 15) is 0 Å². The van der Waals surface area contributed by atoms with Crippen molar-refractivity contribution < 1.29 is 21.1 Å². The van der Waals surface area contributed by atoms with Crippen molar-refractivity contribution in [2.75, 3.05) is 14.7 Å². The Morgan fingerprint density at radius 2 is 0.361 bits per heavy atom. The molecule has 0 unspecified atom stereocenters. The van der Waals surface area contributed by atoms with Gasteiger partial charge in [0.15, 0.2) is 0 Å². The van der Waals surface area contributed by atoms with E-state index in [1.54, 1.807) is 0 Å². The average Bonchev–Trinajstić information content (AvgIpc) is 0.753.